The summed E-state index contributed by atoms with van der Waals surface area (Å²) < 4.78 is 24.7. The highest BCUT2D eigenvalue weighted by atomic mass is 16.7. The minimum atomic E-state index is -0.736. The van der Waals surface area contributed by atoms with Gasteiger partial charge in [0, 0.05) is 29.6 Å². The minimum absolute atomic E-state index is 0.128. The van der Waals surface area contributed by atoms with E-state index in [1.54, 1.807) is 18.2 Å². The van der Waals surface area contributed by atoms with Crippen molar-refractivity contribution in [3.8, 4) is 16.9 Å². The molecule has 0 radical (unpaired) electrons. The maximum Gasteiger partial charge on any atom is 0.343 e. The van der Waals surface area contributed by atoms with Gasteiger partial charge in [0.25, 0.3) is 0 Å². The van der Waals surface area contributed by atoms with Gasteiger partial charge < -0.3 is 23.7 Å². The van der Waals surface area contributed by atoms with Crippen molar-refractivity contribution in [3.63, 3.8) is 0 Å². The van der Waals surface area contributed by atoms with Gasteiger partial charge in [0.15, 0.2) is 5.78 Å². The first-order valence-corrected chi connectivity index (χ1v) is 15.6. The molecule has 0 aromatic heterocycles. The standard InChI is InChI=1S/C40H32O11/c1-5-35(42)47-22-49-37(44)26-10-8-25(9-11-26)34(41)20-24-7-17-30-31-18-16-29(21-33(31)40(3,4)32(30)19-24)51-39(46)28-14-12-27(13-15-28)38(45)50-23-48-36(43)6-2/h5-19,21H,1-2,20,22-23H2,3-4H3. The summed E-state index contributed by atoms with van der Waals surface area (Å²) in [4.78, 5) is 72.7. The number of ketones is 1. The van der Waals surface area contributed by atoms with Crippen LogP contribution < -0.4 is 4.74 Å². The largest absolute Gasteiger partial charge is 0.425 e. The third kappa shape index (κ3) is 8.16. The molecule has 4 aromatic carbocycles. The Morgan fingerprint density at radius 3 is 1.53 bits per heavy atom. The van der Waals surface area contributed by atoms with Gasteiger partial charge in [0.2, 0.25) is 13.6 Å². The Bertz CT molecular complexity index is 1910. The van der Waals surface area contributed by atoms with Crippen LogP contribution in [0.5, 0.6) is 5.75 Å². The fraction of sp³-hybridized carbons (Fsp3) is 0.150. The van der Waals surface area contributed by atoms with Crippen LogP contribution in [0.4, 0.5) is 0 Å². The van der Waals surface area contributed by atoms with E-state index in [9.17, 15) is 28.8 Å². The van der Waals surface area contributed by atoms with Crippen LogP contribution >= 0.6 is 0 Å². The van der Waals surface area contributed by atoms with Crippen molar-refractivity contribution in [3.05, 3.63) is 149 Å². The number of hydrogen-bond donors (Lipinski definition) is 0. The number of ether oxygens (including phenoxy) is 5. The van der Waals surface area contributed by atoms with Crippen LogP contribution in [0.3, 0.4) is 0 Å². The second-order valence-corrected chi connectivity index (χ2v) is 11.8. The maximum absolute atomic E-state index is 13.2. The van der Waals surface area contributed by atoms with E-state index in [4.69, 9.17) is 14.2 Å². The average Bonchev–Trinajstić information content (AvgIpc) is 3.36. The predicted octanol–water partition coefficient (Wildman–Crippen LogP) is 6.32. The Balaban J connectivity index is 1.22. The first-order valence-electron chi connectivity index (χ1n) is 15.6. The van der Waals surface area contributed by atoms with Crippen LogP contribution in [0.15, 0.2) is 110 Å². The molecule has 0 atom stereocenters. The number of Topliss-reactive ketones (excluding diaryl/α,β-unsaturated/α-hetero) is 1. The van der Waals surface area contributed by atoms with Gasteiger partial charge in [-0.2, -0.15) is 0 Å². The van der Waals surface area contributed by atoms with Crippen molar-refractivity contribution >= 4 is 35.6 Å². The fourth-order valence-corrected chi connectivity index (χ4v) is 5.49. The third-order valence-electron chi connectivity index (χ3n) is 8.20. The van der Waals surface area contributed by atoms with Crippen molar-refractivity contribution in [2.45, 2.75) is 25.7 Å². The summed E-state index contributed by atoms with van der Waals surface area (Å²) in [6.45, 7) is 9.51. The molecule has 5 rings (SSSR count). The number of hydrogen-bond acceptors (Lipinski definition) is 11. The number of benzene rings is 4. The Morgan fingerprint density at radius 2 is 1.02 bits per heavy atom. The highest BCUT2D eigenvalue weighted by Gasteiger charge is 2.36. The zero-order chi connectivity index (χ0) is 36.7. The van der Waals surface area contributed by atoms with Gasteiger partial charge in [0.05, 0.1) is 16.7 Å². The molecule has 0 fully saturated rings. The quantitative estimate of drug-likeness (QED) is 0.0510. The Kier molecular flexibility index (Phi) is 10.7. The number of rotatable bonds is 13. The summed E-state index contributed by atoms with van der Waals surface area (Å²) >= 11 is 0. The molecule has 258 valence electrons. The molecule has 1 aliphatic rings. The smallest absolute Gasteiger partial charge is 0.343 e. The van der Waals surface area contributed by atoms with Crippen molar-refractivity contribution < 1.29 is 52.5 Å². The predicted molar refractivity (Wildman–Crippen MR) is 183 cm³/mol. The second kappa shape index (κ2) is 15.3. The van der Waals surface area contributed by atoms with Gasteiger partial charge in [-0.15, -0.1) is 0 Å². The lowest BCUT2D eigenvalue weighted by atomic mass is 9.81. The molecule has 0 saturated heterocycles. The normalized spacial score (nSPS) is 12.0. The van der Waals surface area contributed by atoms with Crippen molar-refractivity contribution in [2.24, 2.45) is 0 Å². The van der Waals surface area contributed by atoms with Gasteiger partial charge in [-0.25, -0.2) is 24.0 Å². The first kappa shape index (κ1) is 35.7. The Morgan fingerprint density at radius 1 is 0.569 bits per heavy atom. The zero-order valence-electron chi connectivity index (χ0n) is 27.8. The molecule has 0 heterocycles. The average molecular weight is 689 g/mol. The van der Waals surface area contributed by atoms with E-state index in [1.165, 1.54) is 36.4 Å². The lowest BCUT2D eigenvalue weighted by molar-refractivity contribution is -0.147. The minimum Gasteiger partial charge on any atom is -0.425 e. The zero-order valence-corrected chi connectivity index (χ0v) is 27.8. The molecule has 0 N–H and O–H groups in total. The summed E-state index contributed by atoms with van der Waals surface area (Å²) in [6.07, 6.45) is 2.03. The highest BCUT2D eigenvalue weighted by Crippen LogP contribution is 2.50. The molecule has 51 heavy (non-hydrogen) atoms. The fourth-order valence-electron chi connectivity index (χ4n) is 5.49. The van der Waals surface area contributed by atoms with Gasteiger partial charge in [-0.05, 0) is 76.3 Å². The number of carbonyl (C=O) groups is 6. The van der Waals surface area contributed by atoms with Crippen molar-refractivity contribution in [2.75, 3.05) is 13.6 Å². The van der Waals surface area contributed by atoms with Crippen LogP contribution in [0, 0.1) is 0 Å². The summed E-state index contributed by atoms with van der Waals surface area (Å²) in [7, 11) is 0. The lowest BCUT2D eigenvalue weighted by Crippen LogP contribution is -2.16. The molecule has 0 amide bonds. The van der Waals surface area contributed by atoms with E-state index in [0.717, 1.165) is 40.0 Å². The van der Waals surface area contributed by atoms with E-state index >= 15 is 0 Å². The summed E-state index contributed by atoms with van der Waals surface area (Å²) in [5, 5.41) is 0. The Labute approximate surface area is 293 Å². The van der Waals surface area contributed by atoms with Crippen LogP contribution in [-0.4, -0.2) is 49.2 Å². The summed E-state index contributed by atoms with van der Waals surface area (Å²) in [5.74, 6) is -3.31. The summed E-state index contributed by atoms with van der Waals surface area (Å²) in [6, 6.07) is 23.0. The van der Waals surface area contributed by atoms with E-state index in [1.807, 2.05) is 30.3 Å². The van der Waals surface area contributed by atoms with Gasteiger partial charge in [-0.3, -0.25) is 4.79 Å². The van der Waals surface area contributed by atoms with Crippen LogP contribution in [0.1, 0.15) is 72.0 Å². The van der Waals surface area contributed by atoms with Crippen molar-refractivity contribution in [1.29, 1.82) is 0 Å². The molecule has 0 spiro atoms. The maximum atomic E-state index is 13.2. The first-order chi connectivity index (χ1) is 24.4. The third-order valence-corrected chi connectivity index (χ3v) is 8.20. The van der Waals surface area contributed by atoms with Gasteiger partial charge >= 0.3 is 29.8 Å². The van der Waals surface area contributed by atoms with Crippen LogP contribution in [0.25, 0.3) is 11.1 Å². The summed E-state index contributed by atoms with van der Waals surface area (Å²) in [5.41, 5.74) is 5.27. The van der Waals surface area contributed by atoms with E-state index < -0.39 is 48.8 Å². The van der Waals surface area contributed by atoms with Crippen LogP contribution in [0.2, 0.25) is 0 Å². The molecule has 0 bridgehead atoms. The molecule has 11 heteroatoms. The number of carbonyl (C=O) groups excluding carboxylic acids is 6. The lowest BCUT2D eigenvalue weighted by Gasteiger charge is -2.22. The van der Waals surface area contributed by atoms with E-state index in [2.05, 4.69) is 36.5 Å². The van der Waals surface area contributed by atoms with E-state index in [0.29, 0.717) is 11.3 Å². The molecule has 0 unspecified atom stereocenters. The second-order valence-electron chi connectivity index (χ2n) is 11.8. The SMILES string of the molecule is C=CC(=O)OCOC(=O)c1ccc(C(=O)Cc2ccc3c(c2)C(C)(C)c2cc(OC(=O)c4ccc(C(=O)OCOC(=O)C=C)cc4)ccc2-3)cc1. The molecule has 0 saturated carbocycles. The molecular weight excluding hydrogens is 656 g/mol. The van der Waals surface area contributed by atoms with Gasteiger partial charge in [0.1, 0.15) is 5.75 Å². The molecule has 0 aliphatic heterocycles. The Hall–Kier alpha value is -6.62. The number of esters is 5. The topological polar surface area (TPSA) is 149 Å². The van der Waals surface area contributed by atoms with Gasteiger partial charge in [-0.1, -0.05) is 63.4 Å². The van der Waals surface area contributed by atoms with Crippen LogP contribution in [-0.2, 0) is 40.4 Å². The molecule has 1 aliphatic carbocycles. The molecule has 11 nitrogen and oxygen atoms in total. The number of fused-ring (bicyclic) bond motifs is 3. The molecule has 4 aromatic rings. The van der Waals surface area contributed by atoms with E-state index in [-0.39, 0.29) is 28.9 Å². The highest BCUT2D eigenvalue weighted by molar-refractivity contribution is 5.99. The van der Waals surface area contributed by atoms with Crippen molar-refractivity contribution in [1.82, 2.24) is 0 Å². The monoisotopic (exact) mass is 688 g/mol. The molecular formula is C40H32O11.